The SMILES string of the molecule is CC(C)c1ccccc1OCCn1c(C(C)NC(=O)Cc2ccc(-c3ccccc3)cc2)nc2ccccc21. The number of nitrogens with zero attached hydrogens (tertiary/aromatic N) is 2. The molecule has 1 aromatic heterocycles. The van der Waals surface area contributed by atoms with Crippen LogP contribution in [0.3, 0.4) is 0 Å². The molecule has 1 amide bonds. The molecule has 5 aromatic rings. The second kappa shape index (κ2) is 12.0. The number of nitrogens with one attached hydrogen (secondary N) is 1. The summed E-state index contributed by atoms with van der Waals surface area (Å²) >= 11 is 0. The molecule has 0 saturated heterocycles. The van der Waals surface area contributed by atoms with Gasteiger partial charge in [-0.1, -0.05) is 98.8 Å². The van der Waals surface area contributed by atoms with Gasteiger partial charge in [0.15, 0.2) is 0 Å². The predicted molar refractivity (Wildman–Crippen MR) is 158 cm³/mol. The molecule has 1 heterocycles. The number of benzene rings is 4. The van der Waals surface area contributed by atoms with Crippen molar-refractivity contribution in [1.82, 2.24) is 14.9 Å². The zero-order chi connectivity index (χ0) is 27.2. The molecule has 0 radical (unpaired) electrons. The van der Waals surface area contributed by atoms with Gasteiger partial charge in [0, 0.05) is 0 Å². The Labute approximate surface area is 230 Å². The van der Waals surface area contributed by atoms with Crippen LogP contribution in [-0.2, 0) is 17.8 Å². The van der Waals surface area contributed by atoms with E-state index in [1.807, 2.05) is 73.7 Å². The number of hydrogen-bond acceptors (Lipinski definition) is 3. The molecule has 198 valence electrons. The van der Waals surface area contributed by atoms with Crippen molar-refractivity contribution in [3.05, 3.63) is 120 Å². The van der Waals surface area contributed by atoms with Crippen LogP contribution < -0.4 is 10.1 Å². The van der Waals surface area contributed by atoms with Crippen LogP contribution in [0.1, 0.15) is 49.7 Å². The van der Waals surface area contributed by atoms with Gasteiger partial charge < -0.3 is 14.6 Å². The Hall–Kier alpha value is -4.38. The molecular weight excluding hydrogens is 482 g/mol. The standard InChI is InChI=1S/C34H35N3O2/c1-24(2)29-13-7-10-16-32(29)39-22-21-37-31-15-9-8-14-30(31)36-34(37)25(3)35-33(38)23-26-17-19-28(20-18-26)27-11-5-4-6-12-27/h4-20,24-25H,21-23H2,1-3H3,(H,35,38). The Kier molecular flexibility index (Phi) is 8.07. The summed E-state index contributed by atoms with van der Waals surface area (Å²) in [5, 5.41) is 3.16. The minimum atomic E-state index is -0.253. The normalized spacial score (nSPS) is 12.0. The highest BCUT2D eigenvalue weighted by atomic mass is 16.5. The van der Waals surface area contributed by atoms with Gasteiger partial charge >= 0.3 is 0 Å². The van der Waals surface area contributed by atoms with Crippen molar-refractivity contribution in [2.45, 2.75) is 45.7 Å². The smallest absolute Gasteiger partial charge is 0.224 e. The number of rotatable bonds is 10. The van der Waals surface area contributed by atoms with E-state index in [4.69, 9.17) is 9.72 Å². The number of fused-ring (bicyclic) bond motifs is 1. The van der Waals surface area contributed by atoms with Gasteiger partial charge in [0.25, 0.3) is 0 Å². The molecule has 0 bridgehead atoms. The molecule has 0 aliphatic carbocycles. The van der Waals surface area contributed by atoms with Gasteiger partial charge in [-0.25, -0.2) is 4.98 Å². The predicted octanol–water partition coefficient (Wildman–Crippen LogP) is 7.33. The lowest BCUT2D eigenvalue weighted by Crippen LogP contribution is -2.30. The van der Waals surface area contributed by atoms with Crippen LogP contribution >= 0.6 is 0 Å². The third kappa shape index (κ3) is 6.20. The number of ether oxygens (including phenoxy) is 1. The lowest BCUT2D eigenvalue weighted by atomic mass is 10.0. The number of carbonyl (C=O) groups is 1. The van der Waals surface area contributed by atoms with Crippen LogP contribution in [0.2, 0.25) is 0 Å². The second-order valence-corrected chi connectivity index (χ2v) is 10.2. The van der Waals surface area contributed by atoms with Crippen molar-refractivity contribution < 1.29 is 9.53 Å². The summed E-state index contributed by atoms with van der Waals surface area (Å²) in [4.78, 5) is 17.9. The van der Waals surface area contributed by atoms with E-state index < -0.39 is 0 Å². The van der Waals surface area contributed by atoms with Crippen LogP contribution in [0, 0.1) is 0 Å². The molecule has 1 unspecified atom stereocenters. The number of para-hydroxylation sites is 3. The Morgan fingerprint density at radius 2 is 1.49 bits per heavy atom. The fourth-order valence-corrected chi connectivity index (χ4v) is 4.98. The topological polar surface area (TPSA) is 56.1 Å². The molecule has 0 aliphatic heterocycles. The number of carbonyl (C=O) groups excluding carboxylic acids is 1. The molecule has 5 rings (SSSR count). The summed E-state index contributed by atoms with van der Waals surface area (Å²) < 4.78 is 8.38. The van der Waals surface area contributed by atoms with E-state index in [9.17, 15) is 4.79 Å². The van der Waals surface area contributed by atoms with E-state index >= 15 is 0 Å². The monoisotopic (exact) mass is 517 g/mol. The minimum Gasteiger partial charge on any atom is -0.491 e. The Morgan fingerprint density at radius 3 is 2.26 bits per heavy atom. The van der Waals surface area contributed by atoms with Crippen LogP contribution in [0.15, 0.2) is 103 Å². The average Bonchev–Trinajstić information content (AvgIpc) is 3.33. The summed E-state index contributed by atoms with van der Waals surface area (Å²) in [7, 11) is 0. The van der Waals surface area contributed by atoms with E-state index in [1.165, 1.54) is 5.56 Å². The first kappa shape index (κ1) is 26.2. The first-order valence-corrected chi connectivity index (χ1v) is 13.6. The number of hydrogen-bond donors (Lipinski definition) is 1. The summed E-state index contributed by atoms with van der Waals surface area (Å²) in [6.07, 6.45) is 0.314. The molecule has 0 aliphatic rings. The number of amides is 1. The van der Waals surface area contributed by atoms with Gasteiger partial charge in [0.05, 0.1) is 30.0 Å². The van der Waals surface area contributed by atoms with E-state index in [1.54, 1.807) is 0 Å². The van der Waals surface area contributed by atoms with Gasteiger partial charge in [-0.3, -0.25) is 4.79 Å². The quantitative estimate of drug-likeness (QED) is 0.211. The molecule has 0 saturated carbocycles. The highest BCUT2D eigenvalue weighted by Crippen LogP contribution is 2.27. The van der Waals surface area contributed by atoms with Crippen molar-refractivity contribution in [3.8, 4) is 16.9 Å². The zero-order valence-corrected chi connectivity index (χ0v) is 22.8. The van der Waals surface area contributed by atoms with E-state index in [0.717, 1.165) is 39.3 Å². The van der Waals surface area contributed by atoms with Crippen LogP contribution in [0.4, 0.5) is 0 Å². The molecule has 1 atom stereocenters. The fourth-order valence-electron chi connectivity index (χ4n) is 4.98. The third-order valence-corrected chi connectivity index (χ3v) is 6.99. The molecule has 4 aromatic carbocycles. The first-order valence-electron chi connectivity index (χ1n) is 13.6. The van der Waals surface area contributed by atoms with E-state index in [-0.39, 0.29) is 11.9 Å². The second-order valence-electron chi connectivity index (χ2n) is 10.2. The zero-order valence-electron chi connectivity index (χ0n) is 22.8. The Morgan fingerprint density at radius 1 is 0.821 bits per heavy atom. The highest BCUT2D eigenvalue weighted by molar-refractivity contribution is 5.80. The minimum absolute atomic E-state index is 0.0318. The third-order valence-electron chi connectivity index (χ3n) is 6.99. The molecular formula is C34H35N3O2. The van der Waals surface area contributed by atoms with Crippen molar-refractivity contribution in [1.29, 1.82) is 0 Å². The largest absolute Gasteiger partial charge is 0.491 e. The van der Waals surface area contributed by atoms with Gasteiger partial charge in [0.1, 0.15) is 18.2 Å². The molecule has 5 nitrogen and oxygen atoms in total. The Bertz CT molecular complexity index is 1540. The van der Waals surface area contributed by atoms with Gasteiger partial charge in [-0.15, -0.1) is 0 Å². The van der Waals surface area contributed by atoms with E-state index in [2.05, 4.69) is 60.1 Å². The average molecular weight is 518 g/mol. The maximum Gasteiger partial charge on any atom is 0.224 e. The van der Waals surface area contributed by atoms with Crippen molar-refractivity contribution >= 4 is 16.9 Å². The van der Waals surface area contributed by atoms with Crippen molar-refractivity contribution in [3.63, 3.8) is 0 Å². The molecule has 0 spiro atoms. The Balaban J connectivity index is 1.27. The summed E-state index contributed by atoms with van der Waals surface area (Å²) in [6, 6.07) is 34.4. The lowest BCUT2D eigenvalue weighted by molar-refractivity contribution is -0.121. The molecule has 5 heteroatoms. The van der Waals surface area contributed by atoms with Crippen molar-refractivity contribution in [2.24, 2.45) is 0 Å². The molecule has 1 N–H and O–H groups in total. The number of aromatic nitrogens is 2. The summed E-state index contributed by atoms with van der Waals surface area (Å²) in [5.41, 5.74) is 6.42. The first-order chi connectivity index (χ1) is 19.0. The molecule has 39 heavy (non-hydrogen) atoms. The van der Waals surface area contributed by atoms with Gasteiger partial charge in [-0.05, 0) is 53.3 Å². The van der Waals surface area contributed by atoms with Crippen LogP contribution in [-0.4, -0.2) is 22.1 Å². The van der Waals surface area contributed by atoms with Crippen LogP contribution in [0.25, 0.3) is 22.2 Å². The van der Waals surface area contributed by atoms with Crippen molar-refractivity contribution in [2.75, 3.05) is 6.61 Å². The number of imidazole rings is 1. The maximum atomic E-state index is 13.0. The van der Waals surface area contributed by atoms with E-state index in [0.29, 0.717) is 25.5 Å². The summed E-state index contributed by atoms with van der Waals surface area (Å²) in [5.74, 6) is 2.09. The lowest BCUT2D eigenvalue weighted by Gasteiger charge is -2.18. The van der Waals surface area contributed by atoms with Gasteiger partial charge in [-0.2, -0.15) is 0 Å². The maximum absolute atomic E-state index is 13.0. The summed E-state index contributed by atoms with van der Waals surface area (Å²) in [6.45, 7) is 7.47. The van der Waals surface area contributed by atoms with Gasteiger partial charge in [0.2, 0.25) is 5.91 Å². The molecule has 0 fully saturated rings. The highest BCUT2D eigenvalue weighted by Gasteiger charge is 2.19. The van der Waals surface area contributed by atoms with Crippen LogP contribution in [0.5, 0.6) is 5.75 Å². The fraction of sp³-hybridized carbons (Fsp3) is 0.235.